The van der Waals surface area contributed by atoms with Crippen LogP contribution in [0.1, 0.15) is 70.4 Å². The molecule has 1 saturated carbocycles. The van der Waals surface area contributed by atoms with Gasteiger partial charge in [-0.2, -0.15) is 8.78 Å². The van der Waals surface area contributed by atoms with Gasteiger partial charge in [0, 0.05) is 18.5 Å². The molecule has 0 spiro atoms. The number of piperidine rings is 3. The van der Waals surface area contributed by atoms with Gasteiger partial charge in [0.15, 0.2) is 29.9 Å². The van der Waals surface area contributed by atoms with Crippen molar-refractivity contribution in [3.8, 4) is 11.5 Å². The molecule has 4 aromatic rings. The van der Waals surface area contributed by atoms with Crippen LogP contribution in [0.2, 0.25) is 10.0 Å². The summed E-state index contributed by atoms with van der Waals surface area (Å²) in [7, 11) is 0. The van der Waals surface area contributed by atoms with Crippen LogP contribution in [0.15, 0.2) is 85.2 Å². The highest BCUT2D eigenvalue weighted by molar-refractivity contribution is 6.35. The molecule has 1 unspecified atom stereocenters. The third-order valence-electron chi connectivity index (χ3n) is 10.4. The fourth-order valence-electron chi connectivity index (χ4n) is 7.09. The molecule has 11 nitrogen and oxygen atoms in total. The molecule has 3 atom stereocenters. The molecule has 1 aliphatic carbocycles. The fraction of sp³-hybridized carbons (Fsp3) is 0.381. The minimum absolute atomic E-state index is 0.0306. The first-order chi connectivity index (χ1) is 27.6. The van der Waals surface area contributed by atoms with Crippen LogP contribution in [0.3, 0.4) is 0 Å². The van der Waals surface area contributed by atoms with E-state index in [0.717, 1.165) is 38.8 Å². The molecular weight excluding hydrogens is 783 g/mol. The summed E-state index contributed by atoms with van der Waals surface area (Å²) < 4.78 is 54.7. The first-order valence-corrected chi connectivity index (χ1v) is 19.6. The van der Waals surface area contributed by atoms with Crippen molar-refractivity contribution in [1.29, 1.82) is 0 Å². The number of nitrogens with one attached hydrogen (secondary N) is 2. The lowest BCUT2D eigenvalue weighted by Gasteiger charge is -2.44. The van der Waals surface area contributed by atoms with E-state index in [2.05, 4.69) is 15.2 Å². The lowest BCUT2D eigenvalue weighted by molar-refractivity contribution is -0.377. The van der Waals surface area contributed by atoms with E-state index >= 15 is 0 Å². The number of fused-ring (bicyclic) bond motifs is 3. The molecule has 3 aromatic carbocycles. The second-order valence-electron chi connectivity index (χ2n) is 14.4. The molecule has 4 fully saturated rings. The zero-order valence-corrected chi connectivity index (χ0v) is 32.4. The van der Waals surface area contributed by atoms with Gasteiger partial charge < -0.3 is 29.0 Å². The van der Waals surface area contributed by atoms with Crippen molar-refractivity contribution in [2.75, 3.05) is 26.2 Å². The maximum atomic E-state index is 13.8. The molecule has 300 valence electrons. The van der Waals surface area contributed by atoms with Crippen LogP contribution in [0.4, 0.5) is 13.6 Å². The van der Waals surface area contributed by atoms with Crippen molar-refractivity contribution in [3.63, 3.8) is 0 Å². The smallest absolute Gasteiger partial charge is 0.408 e. The molecule has 3 aliphatic heterocycles. The molecule has 57 heavy (non-hydrogen) atoms. The lowest BCUT2D eigenvalue weighted by atomic mass is 9.86. The number of aromatic nitrogens is 1. The molecule has 15 heteroatoms. The minimum atomic E-state index is -3.07. The van der Waals surface area contributed by atoms with E-state index < -0.39 is 36.8 Å². The van der Waals surface area contributed by atoms with E-state index in [-0.39, 0.29) is 36.2 Å². The second-order valence-corrected chi connectivity index (χ2v) is 15.3. The normalized spacial score (nSPS) is 19.6. The number of alkyl carbamates (subject to hydrolysis) is 1. The number of halogens is 4. The van der Waals surface area contributed by atoms with E-state index in [4.69, 9.17) is 46.9 Å². The number of hydrogen-bond donors (Lipinski definition) is 1. The average Bonchev–Trinajstić information content (AvgIpc) is 4.05. The number of nitrogens with zero attached hydrogens (tertiary/aromatic N) is 1. The Morgan fingerprint density at radius 2 is 1.63 bits per heavy atom. The Morgan fingerprint density at radius 1 is 0.877 bits per heavy atom. The summed E-state index contributed by atoms with van der Waals surface area (Å²) >= 11 is 13.0. The zero-order valence-electron chi connectivity index (χ0n) is 30.8. The van der Waals surface area contributed by atoms with Crippen LogP contribution in [0.5, 0.6) is 11.5 Å². The molecule has 8 rings (SSSR count). The molecule has 2 bridgehead atoms. The van der Waals surface area contributed by atoms with Gasteiger partial charge in [0.2, 0.25) is 0 Å². The third kappa shape index (κ3) is 10.7. The van der Waals surface area contributed by atoms with Crippen LogP contribution in [0, 0.1) is 11.8 Å². The Labute approximate surface area is 338 Å². The first kappa shape index (κ1) is 40.2. The lowest BCUT2D eigenvalue weighted by Crippen LogP contribution is -2.52. The van der Waals surface area contributed by atoms with Crippen molar-refractivity contribution in [1.82, 2.24) is 10.2 Å². The van der Waals surface area contributed by atoms with Crippen LogP contribution in [0.25, 0.3) is 0 Å². The van der Waals surface area contributed by atoms with Gasteiger partial charge in [0.05, 0.1) is 12.2 Å². The Bertz CT molecular complexity index is 2030. The number of ether oxygens (including phenoxy) is 5. The summed E-state index contributed by atoms with van der Waals surface area (Å²) in [5.74, 6) is -0.745. The third-order valence-corrected chi connectivity index (χ3v) is 11.1. The van der Waals surface area contributed by atoms with Crippen LogP contribution in [-0.2, 0) is 32.0 Å². The Kier molecular flexibility index (Phi) is 13.1. The summed E-state index contributed by atoms with van der Waals surface area (Å²) in [6.45, 7) is -0.322. The van der Waals surface area contributed by atoms with Crippen molar-refractivity contribution in [2.24, 2.45) is 11.8 Å². The number of carbonyl (C=O) groups excluding carboxylic acids is 3. The topological polar surface area (TPSA) is 127 Å². The number of rotatable bonds is 16. The molecule has 2 N–H and O–H groups in total. The molecular formula is C42H42Cl2F2N3O8+. The van der Waals surface area contributed by atoms with Crippen LogP contribution >= 0.6 is 23.2 Å². The SMILES string of the molecule is O=C(NC(C(=O)O[C@H]1CN2CCC1CC2)c1ccccc1)OCc1cccc(C(=O)O[C@@H](Cc2c(Cl)c[nH+]cc2Cl)c2ccc(OC(F)F)c(OCC3CC3)c2)c1. The number of alkyl halides is 2. The van der Waals surface area contributed by atoms with Gasteiger partial charge in [-0.25, -0.2) is 19.4 Å². The highest BCUT2D eigenvalue weighted by Gasteiger charge is 2.38. The van der Waals surface area contributed by atoms with Crippen molar-refractivity contribution < 1.29 is 51.8 Å². The Morgan fingerprint density at radius 3 is 2.32 bits per heavy atom. The molecule has 3 saturated heterocycles. The van der Waals surface area contributed by atoms with Gasteiger partial charge in [-0.1, -0.05) is 71.7 Å². The van der Waals surface area contributed by atoms with Gasteiger partial charge in [-0.05, 0) is 91.6 Å². The van der Waals surface area contributed by atoms with Crippen molar-refractivity contribution >= 4 is 41.2 Å². The maximum Gasteiger partial charge on any atom is 0.408 e. The summed E-state index contributed by atoms with van der Waals surface area (Å²) in [6, 6.07) is 18.4. The number of aromatic amines is 1. The summed E-state index contributed by atoms with van der Waals surface area (Å²) in [6.07, 6.45) is 4.89. The molecule has 1 amide bonds. The van der Waals surface area contributed by atoms with Gasteiger partial charge in [-0.15, -0.1) is 0 Å². The second kappa shape index (κ2) is 18.5. The zero-order chi connectivity index (χ0) is 39.9. The van der Waals surface area contributed by atoms with Gasteiger partial charge in [0.25, 0.3) is 0 Å². The maximum absolute atomic E-state index is 13.8. The monoisotopic (exact) mass is 824 g/mol. The quantitative estimate of drug-likeness (QED) is 0.0885. The molecule has 4 aliphatic rings. The van der Waals surface area contributed by atoms with Crippen molar-refractivity contribution in [3.05, 3.63) is 123 Å². The van der Waals surface area contributed by atoms with E-state index in [1.54, 1.807) is 42.5 Å². The predicted molar refractivity (Wildman–Crippen MR) is 204 cm³/mol. The van der Waals surface area contributed by atoms with Crippen LogP contribution in [-0.4, -0.2) is 61.9 Å². The number of carbonyl (C=O) groups is 3. The van der Waals surface area contributed by atoms with Crippen molar-refractivity contribution in [2.45, 2.75) is 63.6 Å². The summed E-state index contributed by atoms with van der Waals surface area (Å²) in [4.78, 5) is 45.5. The molecule has 0 radical (unpaired) electrons. The van der Waals surface area contributed by atoms with Gasteiger partial charge in [-0.3, -0.25) is 4.90 Å². The van der Waals surface area contributed by atoms with E-state index in [1.165, 1.54) is 36.7 Å². The fourth-order valence-corrected chi connectivity index (χ4v) is 7.62. The summed E-state index contributed by atoms with van der Waals surface area (Å²) in [5.41, 5.74) is 2.07. The number of amides is 1. The Hall–Kier alpha value is -4.98. The minimum Gasteiger partial charge on any atom is -0.489 e. The highest BCUT2D eigenvalue weighted by atomic mass is 35.5. The van der Waals surface area contributed by atoms with Crippen LogP contribution < -0.4 is 19.8 Å². The predicted octanol–water partition coefficient (Wildman–Crippen LogP) is 7.94. The van der Waals surface area contributed by atoms with Gasteiger partial charge in [0.1, 0.15) is 28.9 Å². The van der Waals surface area contributed by atoms with E-state index in [0.29, 0.717) is 57.3 Å². The first-order valence-electron chi connectivity index (χ1n) is 18.9. The largest absolute Gasteiger partial charge is 0.489 e. The number of hydrogen-bond acceptors (Lipinski definition) is 9. The number of H-pyrrole nitrogens is 1. The van der Waals surface area contributed by atoms with E-state index in [9.17, 15) is 23.2 Å². The van der Waals surface area contributed by atoms with Gasteiger partial charge >= 0.3 is 24.6 Å². The highest BCUT2D eigenvalue weighted by Crippen LogP contribution is 2.38. The molecule has 1 aromatic heterocycles. The number of benzene rings is 3. The average molecular weight is 826 g/mol. The standard InChI is InChI=1S/C42H41Cl2F2N3O8/c43-32-20-47-21-33(44)31(32)19-35(29-11-12-34(57-41(45)46)36(18-29)53-23-25-9-10-25)55-39(50)30-8-4-5-26(17-30)24-54-42(52)48-38(28-6-2-1-3-7-28)40(51)56-37-22-49-15-13-27(37)14-16-49/h1-8,11-12,17-18,20-21,25,27,35,37-38,41H,9-10,13-16,19,22-24H2,(H,48,52)/p+1/t35-,37-,38?/m0/s1. The van der Waals surface area contributed by atoms with E-state index in [1.807, 2.05) is 6.07 Å². The molecule has 4 heterocycles. The number of esters is 2. The number of pyridine rings is 1. The summed E-state index contributed by atoms with van der Waals surface area (Å²) in [5, 5.41) is 3.26. The Balaban J connectivity index is 1.04.